The zero-order valence-corrected chi connectivity index (χ0v) is 12.2. The first-order chi connectivity index (χ1) is 10.2. The van der Waals surface area contributed by atoms with Gasteiger partial charge in [-0.1, -0.05) is 48.5 Å². The van der Waals surface area contributed by atoms with Crippen LogP contribution < -0.4 is 0 Å². The van der Waals surface area contributed by atoms with Gasteiger partial charge in [0.2, 0.25) is 0 Å². The molecule has 0 amide bonds. The third-order valence-corrected chi connectivity index (χ3v) is 4.27. The zero-order valence-electron chi connectivity index (χ0n) is 12.2. The third-order valence-electron chi connectivity index (χ3n) is 4.27. The second-order valence-corrected chi connectivity index (χ2v) is 5.56. The molecule has 0 saturated carbocycles. The fourth-order valence-corrected chi connectivity index (χ4v) is 2.88. The standard InChI is InChI=1S/C20H16O/c1-13-8-10-18-17-11-9-16(15-6-4-3-5-7-15)12-19(17)21-20(18)14(13)2/h3-12H,1-2H3. The first-order valence-corrected chi connectivity index (χ1v) is 7.22. The van der Waals surface area contributed by atoms with Crippen LogP contribution >= 0.6 is 0 Å². The molecule has 102 valence electrons. The molecule has 0 aliphatic heterocycles. The number of aryl methyl sites for hydroxylation is 2. The molecule has 0 N–H and O–H groups in total. The summed E-state index contributed by atoms with van der Waals surface area (Å²) in [4.78, 5) is 0. The van der Waals surface area contributed by atoms with Crippen molar-refractivity contribution in [2.75, 3.05) is 0 Å². The molecule has 1 heteroatoms. The summed E-state index contributed by atoms with van der Waals surface area (Å²) in [6, 6.07) is 21.2. The summed E-state index contributed by atoms with van der Waals surface area (Å²) in [6.45, 7) is 4.25. The van der Waals surface area contributed by atoms with Crippen molar-refractivity contribution < 1.29 is 4.42 Å². The maximum atomic E-state index is 6.13. The molecule has 0 aliphatic carbocycles. The van der Waals surface area contributed by atoms with E-state index in [4.69, 9.17) is 4.42 Å². The number of benzene rings is 3. The van der Waals surface area contributed by atoms with Gasteiger partial charge in [0.1, 0.15) is 11.2 Å². The van der Waals surface area contributed by atoms with Crippen molar-refractivity contribution in [3.8, 4) is 11.1 Å². The highest BCUT2D eigenvalue weighted by Gasteiger charge is 2.11. The summed E-state index contributed by atoms with van der Waals surface area (Å²) in [7, 11) is 0. The Hall–Kier alpha value is -2.54. The molecule has 4 rings (SSSR count). The lowest BCUT2D eigenvalue weighted by molar-refractivity contribution is 0.665. The lowest BCUT2D eigenvalue weighted by atomic mass is 10.0. The lowest BCUT2D eigenvalue weighted by Gasteiger charge is -2.00. The molecular weight excluding hydrogens is 256 g/mol. The van der Waals surface area contributed by atoms with E-state index in [0.717, 1.165) is 11.2 Å². The highest BCUT2D eigenvalue weighted by Crippen LogP contribution is 2.34. The van der Waals surface area contributed by atoms with Gasteiger partial charge in [-0.25, -0.2) is 0 Å². The van der Waals surface area contributed by atoms with E-state index >= 15 is 0 Å². The topological polar surface area (TPSA) is 13.1 Å². The highest BCUT2D eigenvalue weighted by atomic mass is 16.3. The largest absolute Gasteiger partial charge is 0.456 e. The van der Waals surface area contributed by atoms with E-state index in [0.29, 0.717) is 0 Å². The Bertz CT molecular complexity index is 946. The SMILES string of the molecule is Cc1ccc2c(oc3cc(-c4ccccc4)ccc32)c1C. The molecule has 1 nitrogen and oxygen atoms in total. The van der Waals surface area contributed by atoms with E-state index in [2.05, 4.69) is 68.4 Å². The number of hydrogen-bond acceptors (Lipinski definition) is 1. The van der Waals surface area contributed by atoms with Gasteiger partial charge in [0, 0.05) is 10.8 Å². The fraction of sp³-hybridized carbons (Fsp3) is 0.100. The van der Waals surface area contributed by atoms with Gasteiger partial charge in [-0.05, 0) is 48.2 Å². The lowest BCUT2D eigenvalue weighted by Crippen LogP contribution is -1.79. The Morgan fingerprint density at radius 2 is 1.48 bits per heavy atom. The van der Waals surface area contributed by atoms with Crippen LogP contribution in [0.25, 0.3) is 33.1 Å². The smallest absolute Gasteiger partial charge is 0.138 e. The van der Waals surface area contributed by atoms with Crippen LogP contribution in [0.1, 0.15) is 11.1 Å². The molecule has 0 spiro atoms. The Morgan fingerprint density at radius 1 is 0.714 bits per heavy atom. The van der Waals surface area contributed by atoms with E-state index in [9.17, 15) is 0 Å². The molecule has 4 aromatic rings. The average molecular weight is 272 g/mol. The summed E-state index contributed by atoms with van der Waals surface area (Å²) in [5.41, 5.74) is 6.87. The van der Waals surface area contributed by atoms with Crippen molar-refractivity contribution in [1.82, 2.24) is 0 Å². The molecule has 0 fully saturated rings. The maximum Gasteiger partial charge on any atom is 0.138 e. The molecule has 0 bridgehead atoms. The van der Waals surface area contributed by atoms with E-state index in [1.807, 2.05) is 6.07 Å². The minimum absolute atomic E-state index is 0.958. The van der Waals surface area contributed by atoms with Gasteiger partial charge >= 0.3 is 0 Å². The summed E-state index contributed by atoms with van der Waals surface area (Å²) in [5.74, 6) is 0. The minimum Gasteiger partial charge on any atom is -0.456 e. The molecule has 1 heterocycles. The molecule has 3 aromatic carbocycles. The first-order valence-electron chi connectivity index (χ1n) is 7.22. The first kappa shape index (κ1) is 12.2. The molecule has 21 heavy (non-hydrogen) atoms. The number of fused-ring (bicyclic) bond motifs is 3. The van der Waals surface area contributed by atoms with Gasteiger partial charge in [-0.3, -0.25) is 0 Å². The maximum absolute atomic E-state index is 6.13. The van der Waals surface area contributed by atoms with Gasteiger partial charge < -0.3 is 4.42 Å². The van der Waals surface area contributed by atoms with Gasteiger partial charge in [0.15, 0.2) is 0 Å². The van der Waals surface area contributed by atoms with Crippen molar-refractivity contribution in [3.63, 3.8) is 0 Å². The van der Waals surface area contributed by atoms with E-state index in [1.165, 1.54) is 33.0 Å². The van der Waals surface area contributed by atoms with E-state index < -0.39 is 0 Å². The number of rotatable bonds is 1. The van der Waals surface area contributed by atoms with Gasteiger partial charge in [0.05, 0.1) is 0 Å². The molecule has 0 radical (unpaired) electrons. The van der Waals surface area contributed by atoms with Crippen molar-refractivity contribution in [3.05, 3.63) is 71.8 Å². The minimum atomic E-state index is 0.958. The second-order valence-electron chi connectivity index (χ2n) is 5.56. The Balaban J connectivity index is 2.01. The third kappa shape index (κ3) is 1.85. The van der Waals surface area contributed by atoms with Gasteiger partial charge in [-0.15, -0.1) is 0 Å². The van der Waals surface area contributed by atoms with Crippen LogP contribution in [0, 0.1) is 13.8 Å². The van der Waals surface area contributed by atoms with E-state index in [-0.39, 0.29) is 0 Å². The molecule has 0 atom stereocenters. The summed E-state index contributed by atoms with van der Waals surface area (Å²) >= 11 is 0. The number of hydrogen-bond donors (Lipinski definition) is 0. The molecule has 0 saturated heterocycles. The normalized spacial score (nSPS) is 11.3. The molecule has 0 aliphatic rings. The zero-order chi connectivity index (χ0) is 14.4. The van der Waals surface area contributed by atoms with Crippen molar-refractivity contribution in [2.24, 2.45) is 0 Å². The van der Waals surface area contributed by atoms with Crippen LogP contribution in [0.3, 0.4) is 0 Å². The van der Waals surface area contributed by atoms with Crippen LogP contribution in [0.5, 0.6) is 0 Å². The fourth-order valence-electron chi connectivity index (χ4n) is 2.88. The van der Waals surface area contributed by atoms with Crippen LogP contribution in [-0.4, -0.2) is 0 Å². The Labute approximate surface area is 123 Å². The van der Waals surface area contributed by atoms with Crippen LogP contribution in [0.4, 0.5) is 0 Å². The number of furan rings is 1. The Kier molecular flexibility index (Phi) is 2.61. The second kappa shape index (κ2) is 4.49. The highest BCUT2D eigenvalue weighted by molar-refractivity contribution is 6.07. The summed E-state index contributed by atoms with van der Waals surface area (Å²) in [6.07, 6.45) is 0. The van der Waals surface area contributed by atoms with Crippen molar-refractivity contribution >= 4 is 21.9 Å². The van der Waals surface area contributed by atoms with Gasteiger partial charge in [0.25, 0.3) is 0 Å². The van der Waals surface area contributed by atoms with Crippen molar-refractivity contribution in [1.29, 1.82) is 0 Å². The Morgan fingerprint density at radius 3 is 2.29 bits per heavy atom. The van der Waals surface area contributed by atoms with Crippen LogP contribution in [0.15, 0.2) is 65.1 Å². The molecule has 1 aromatic heterocycles. The van der Waals surface area contributed by atoms with E-state index in [1.54, 1.807) is 0 Å². The summed E-state index contributed by atoms with van der Waals surface area (Å²) < 4.78 is 6.13. The quantitative estimate of drug-likeness (QED) is 0.422. The van der Waals surface area contributed by atoms with Crippen LogP contribution in [0.2, 0.25) is 0 Å². The average Bonchev–Trinajstić information content (AvgIpc) is 2.90. The van der Waals surface area contributed by atoms with Crippen LogP contribution in [-0.2, 0) is 0 Å². The monoisotopic (exact) mass is 272 g/mol. The molecule has 0 unspecified atom stereocenters. The molecular formula is C20H16O. The van der Waals surface area contributed by atoms with Crippen molar-refractivity contribution in [2.45, 2.75) is 13.8 Å². The summed E-state index contributed by atoms with van der Waals surface area (Å²) in [5, 5.41) is 2.39. The predicted octanol–water partition coefficient (Wildman–Crippen LogP) is 5.87. The predicted molar refractivity (Wildman–Crippen MR) is 88.6 cm³/mol. The van der Waals surface area contributed by atoms with Gasteiger partial charge in [-0.2, -0.15) is 0 Å².